The van der Waals surface area contributed by atoms with Gasteiger partial charge in [-0.05, 0) is 38.6 Å². The first-order valence-corrected chi connectivity index (χ1v) is 9.71. The molecule has 0 spiro atoms. The third-order valence-corrected chi connectivity index (χ3v) is 6.78. The van der Waals surface area contributed by atoms with Gasteiger partial charge in [-0.25, -0.2) is 8.42 Å². The minimum absolute atomic E-state index is 0.0304. The van der Waals surface area contributed by atoms with Gasteiger partial charge >= 0.3 is 0 Å². The first kappa shape index (κ1) is 19.2. The van der Waals surface area contributed by atoms with Gasteiger partial charge in [0.1, 0.15) is 4.90 Å². The number of piperidine rings is 1. The van der Waals surface area contributed by atoms with Crippen molar-refractivity contribution in [1.82, 2.24) is 14.5 Å². The molecule has 1 saturated heterocycles. The fourth-order valence-corrected chi connectivity index (χ4v) is 5.03. The average molecular weight is 374 g/mol. The van der Waals surface area contributed by atoms with E-state index in [1.165, 1.54) is 17.3 Å². The van der Waals surface area contributed by atoms with Crippen LogP contribution in [-0.4, -0.2) is 63.3 Å². The van der Waals surface area contributed by atoms with E-state index in [4.69, 9.17) is 11.6 Å². The van der Waals surface area contributed by atoms with Crippen molar-refractivity contribution in [3.8, 4) is 0 Å². The van der Waals surface area contributed by atoms with E-state index >= 15 is 0 Å². The lowest BCUT2D eigenvalue weighted by Crippen LogP contribution is -2.54. The number of rotatable bonds is 5. The lowest BCUT2D eigenvalue weighted by molar-refractivity contribution is -0.119. The second kappa shape index (κ2) is 7.82. The maximum Gasteiger partial charge on any atom is 0.244 e. The van der Waals surface area contributed by atoms with E-state index in [1.807, 2.05) is 19.0 Å². The molecule has 2 atom stereocenters. The Bertz CT molecular complexity index is 694. The Morgan fingerprint density at radius 3 is 2.62 bits per heavy atom. The highest BCUT2D eigenvalue weighted by Crippen LogP contribution is 2.29. The largest absolute Gasteiger partial charge is 0.356 e. The average Bonchev–Trinajstić information content (AvgIpc) is 2.52. The van der Waals surface area contributed by atoms with Gasteiger partial charge in [0, 0.05) is 32.6 Å². The zero-order chi connectivity index (χ0) is 17.9. The van der Waals surface area contributed by atoms with Gasteiger partial charge < -0.3 is 10.2 Å². The Kier molecular flexibility index (Phi) is 6.25. The molecule has 0 aromatic heterocycles. The van der Waals surface area contributed by atoms with E-state index < -0.39 is 10.0 Å². The molecule has 0 saturated carbocycles. The highest BCUT2D eigenvalue weighted by molar-refractivity contribution is 7.89. The summed E-state index contributed by atoms with van der Waals surface area (Å²) in [4.78, 5) is 13.3. The van der Waals surface area contributed by atoms with Crippen LogP contribution >= 0.6 is 11.6 Å². The normalized spacial score (nSPS) is 22.5. The minimum atomic E-state index is -3.63. The number of nitrogens with one attached hydrogen (secondary N) is 1. The van der Waals surface area contributed by atoms with E-state index in [-0.39, 0.29) is 27.8 Å². The molecule has 1 aliphatic rings. The molecule has 0 unspecified atom stereocenters. The van der Waals surface area contributed by atoms with Gasteiger partial charge in [0.15, 0.2) is 0 Å². The number of carbonyl (C=O) groups is 1. The van der Waals surface area contributed by atoms with Crippen LogP contribution in [0.25, 0.3) is 0 Å². The molecule has 1 amide bonds. The Morgan fingerprint density at radius 2 is 2.04 bits per heavy atom. The minimum Gasteiger partial charge on any atom is -0.356 e. The summed E-state index contributed by atoms with van der Waals surface area (Å²) in [6.45, 7) is 2.84. The predicted octanol–water partition coefficient (Wildman–Crippen LogP) is 1.42. The molecule has 8 heteroatoms. The number of sulfonamides is 1. The van der Waals surface area contributed by atoms with Crippen LogP contribution in [0, 0.1) is 5.92 Å². The maximum absolute atomic E-state index is 12.9. The number of amides is 1. The van der Waals surface area contributed by atoms with Crippen molar-refractivity contribution >= 4 is 27.5 Å². The first-order valence-electron chi connectivity index (χ1n) is 7.89. The fraction of sp³-hybridized carbons (Fsp3) is 0.562. The molecule has 1 fully saturated rings. The number of hydrogen-bond donors (Lipinski definition) is 1. The topological polar surface area (TPSA) is 69.7 Å². The van der Waals surface area contributed by atoms with Gasteiger partial charge in [0.05, 0.1) is 5.02 Å². The van der Waals surface area contributed by atoms with Crippen LogP contribution in [0.2, 0.25) is 5.02 Å². The standard InChI is InChI=1S/C16H24ClN3O3S/c1-12(21)18-10-13-8-9-20(11-15(13)19(2)3)24(22,23)16-7-5-4-6-14(16)17/h4-7,13,15H,8-11H2,1-3H3,(H,18,21)/t13-,15-/m1/s1. The second-order valence-corrected chi connectivity index (χ2v) is 8.62. The van der Waals surface area contributed by atoms with Crippen LogP contribution in [0.3, 0.4) is 0 Å². The first-order chi connectivity index (χ1) is 11.2. The molecule has 0 bridgehead atoms. The molecule has 1 aliphatic heterocycles. The maximum atomic E-state index is 12.9. The van der Waals surface area contributed by atoms with Crippen molar-refractivity contribution < 1.29 is 13.2 Å². The Labute approximate surface area is 148 Å². The number of likely N-dealkylation sites (N-methyl/N-ethyl adjacent to an activating group) is 1. The van der Waals surface area contributed by atoms with E-state index in [0.29, 0.717) is 26.1 Å². The summed E-state index contributed by atoms with van der Waals surface area (Å²) in [7, 11) is 0.229. The van der Waals surface area contributed by atoms with Gasteiger partial charge in [0.25, 0.3) is 0 Å². The Balaban J connectivity index is 2.19. The molecule has 134 valence electrons. The molecule has 1 heterocycles. The number of hydrogen-bond acceptors (Lipinski definition) is 4. The number of carbonyl (C=O) groups excluding carboxylic acids is 1. The molecule has 2 rings (SSSR count). The zero-order valence-electron chi connectivity index (χ0n) is 14.2. The third-order valence-electron chi connectivity index (χ3n) is 4.42. The molecular formula is C16H24ClN3O3S. The summed E-state index contributed by atoms with van der Waals surface area (Å²) in [6, 6.07) is 6.53. The fourth-order valence-electron chi connectivity index (χ4n) is 3.06. The van der Waals surface area contributed by atoms with Gasteiger partial charge in [-0.3, -0.25) is 4.79 Å². The molecule has 24 heavy (non-hydrogen) atoms. The van der Waals surface area contributed by atoms with E-state index in [2.05, 4.69) is 5.32 Å². The van der Waals surface area contributed by atoms with Crippen molar-refractivity contribution in [2.75, 3.05) is 33.7 Å². The van der Waals surface area contributed by atoms with E-state index in [0.717, 1.165) is 0 Å². The lowest BCUT2D eigenvalue weighted by atomic mass is 9.92. The number of halogens is 1. The summed E-state index contributed by atoms with van der Waals surface area (Å²) in [5.41, 5.74) is 0. The van der Waals surface area contributed by atoms with Crippen molar-refractivity contribution in [3.63, 3.8) is 0 Å². The molecule has 0 aliphatic carbocycles. The Morgan fingerprint density at radius 1 is 1.38 bits per heavy atom. The van der Waals surface area contributed by atoms with Crippen LogP contribution < -0.4 is 5.32 Å². The molecule has 1 aromatic rings. The van der Waals surface area contributed by atoms with Crippen LogP contribution in [0.4, 0.5) is 0 Å². The van der Waals surface area contributed by atoms with Crippen molar-refractivity contribution in [1.29, 1.82) is 0 Å². The summed E-state index contributed by atoms with van der Waals surface area (Å²) >= 11 is 6.08. The van der Waals surface area contributed by atoms with Crippen LogP contribution in [0.15, 0.2) is 29.2 Å². The second-order valence-electron chi connectivity index (χ2n) is 6.31. The van der Waals surface area contributed by atoms with Gasteiger partial charge in [-0.1, -0.05) is 23.7 Å². The van der Waals surface area contributed by atoms with Crippen molar-refractivity contribution in [3.05, 3.63) is 29.3 Å². The molecule has 1 N–H and O–H groups in total. The summed E-state index contributed by atoms with van der Waals surface area (Å²) in [6.07, 6.45) is 0.687. The van der Waals surface area contributed by atoms with Crippen molar-refractivity contribution in [2.24, 2.45) is 5.92 Å². The van der Waals surface area contributed by atoms with Gasteiger partial charge in [-0.2, -0.15) is 4.31 Å². The van der Waals surface area contributed by atoms with Crippen LogP contribution in [0.1, 0.15) is 13.3 Å². The third kappa shape index (κ3) is 4.27. The predicted molar refractivity (Wildman–Crippen MR) is 94.5 cm³/mol. The molecular weight excluding hydrogens is 350 g/mol. The lowest BCUT2D eigenvalue weighted by Gasteiger charge is -2.41. The quantitative estimate of drug-likeness (QED) is 0.847. The molecule has 0 radical (unpaired) electrons. The highest BCUT2D eigenvalue weighted by atomic mass is 35.5. The monoisotopic (exact) mass is 373 g/mol. The summed E-state index contributed by atoms with van der Waals surface area (Å²) in [5.74, 6) is 0.139. The molecule has 6 nitrogen and oxygen atoms in total. The summed E-state index contributed by atoms with van der Waals surface area (Å²) < 4.78 is 27.3. The smallest absolute Gasteiger partial charge is 0.244 e. The highest BCUT2D eigenvalue weighted by Gasteiger charge is 2.37. The molecule has 1 aromatic carbocycles. The van der Waals surface area contributed by atoms with E-state index in [1.54, 1.807) is 18.2 Å². The van der Waals surface area contributed by atoms with Crippen molar-refractivity contribution in [2.45, 2.75) is 24.3 Å². The Hall–Kier alpha value is -1.15. The SMILES string of the molecule is CC(=O)NC[C@H]1CCN(S(=O)(=O)c2ccccc2Cl)C[C@H]1N(C)C. The van der Waals surface area contributed by atoms with Gasteiger partial charge in [0.2, 0.25) is 15.9 Å². The zero-order valence-corrected chi connectivity index (χ0v) is 15.8. The van der Waals surface area contributed by atoms with Crippen LogP contribution in [-0.2, 0) is 14.8 Å². The van der Waals surface area contributed by atoms with Gasteiger partial charge in [-0.15, -0.1) is 0 Å². The van der Waals surface area contributed by atoms with Crippen LogP contribution in [0.5, 0.6) is 0 Å². The summed E-state index contributed by atoms with van der Waals surface area (Å²) in [5, 5.41) is 3.08. The number of benzene rings is 1. The number of nitrogens with zero attached hydrogens (tertiary/aromatic N) is 2. The van der Waals surface area contributed by atoms with E-state index in [9.17, 15) is 13.2 Å².